The smallest absolute Gasteiger partial charge is 0.340 e. The van der Waals surface area contributed by atoms with Crippen LogP contribution in [0.2, 0.25) is 0 Å². The monoisotopic (exact) mass is 301 g/mol. The van der Waals surface area contributed by atoms with Crippen molar-refractivity contribution >= 4 is 16.0 Å². The molecule has 1 aliphatic rings. The number of nitrogens with one attached hydrogen (secondary N) is 1. The van der Waals surface area contributed by atoms with E-state index < -0.39 is 16.0 Å². The van der Waals surface area contributed by atoms with E-state index in [0.29, 0.717) is 24.9 Å². The third-order valence-corrected chi connectivity index (χ3v) is 5.75. The molecule has 2 heterocycles. The molecule has 0 aromatic carbocycles. The van der Waals surface area contributed by atoms with E-state index >= 15 is 0 Å². The number of sulfonamides is 1. The van der Waals surface area contributed by atoms with Crippen LogP contribution in [0.15, 0.2) is 11.2 Å². The van der Waals surface area contributed by atoms with E-state index in [4.69, 9.17) is 5.11 Å². The lowest BCUT2D eigenvalue weighted by Gasteiger charge is -2.32. The van der Waals surface area contributed by atoms with Crippen molar-refractivity contribution in [2.75, 3.05) is 13.1 Å². The molecule has 8 heteroatoms. The van der Waals surface area contributed by atoms with Gasteiger partial charge in [0.2, 0.25) is 0 Å². The zero-order valence-corrected chi connectivity index (χ0v) is 12.4. The lowest BCUT2D eigenvalue weighted by molar-refractivity contribution is 0.0692. The van der Waals surface area contributed by atoms with Crippen molar-refractivity contribution in [1.29, 1.82) is 0 Å². The van der Waals surface area contributed by atoms with Gasteiger partial charge in [0.05, 0.1) is 6.20 Å². The minimum Gasteiger partial charge on any atom is -0.478 e. The van der Waals surface area contributed by atoms with Crippen LogP contribution in [-0.2, 0) is 10.0 Å². The molecule has 20 heavy (non-hydrogen) atoms. The number of aromatic nitrogens is 2. The number of carboxylic acids is 1. The lowest BCUT2D eigenvalue weighted by atomic mass is 9.87. The molecule has 1 fully saturated rings. The predicted molar refractivity (Wildman–Crippen MR) is 71.9 cm³/mol. The third-order valence-electron chi connectivity index (χ3n) is 3.87. The number of nitrogens with zero attached hydrogens (tertiary/aromatic N) is 2. The van der Waals surface area contributed by atoms with Crippen LogP contribution in [0.3, 0.4) is 0 Å². The van der Waals surface area contributed by atoms with Crippen LogP contribution in [0.25, 0.3) is 0 Å². The van der Waals surface area contributed by atoms with Crippen LogP contribution in [0.5, 0.6) is 0 Å². The first-order chi connectivity index (χ1) is 9.34. The van der Waals surface area contributed by atoms with E-state index in [1.165, 1.54) is 4.31 Å². The molecule has 0 atom stereocenters. The van der Waals surface area contributed by atoms with Gasteiger partial charge in [-0.25, -0.2) is 13.2 Å². The summed E-state index contributed by atoms with van der Waals surface area (Å²) in [7, 11) is -3.81. The Morgan fingerprint density at radius 2 is 2.05 bits per heavy atom. The number of aromatic carboxylic acids is 1. The van der Waals surface area contributed by atoms with Crippen molar-refractivity contribution in [2.45, 2.75) is 31.7 Å². The first-order valence-corrected chi connectivity index (χ1v) is 8.05. The van der Waals surface area contributed by atoms with E-state index in [1.807, 2.05) is 0 Å². The van der Waals surface area contributed by atoms with E-state index in [1.54, 1.807) is 0 Å². The molecule has 0 unspecified atom stereocenters. The molecular weight excluding hydrogens is 282 g/mol. The maximum Gasteiger partial charge on any atom is 0.340 e. The maximum absolute atomic E-state index is 12.4. The summed E-state index contributed by atoms with van der Waals surface area (Å²) in [6.07, 6.45) is 2.62. The standard InChI is InChI=1S/C12H19N3O4S/c1-8(2)9-3-5-15(6-4-9)20(18,19)11-10(12(16)17)7-13-14-11/h7-9H,3-6H2,1-2H3,(H,13,14)(H,16,17). The fourth-order valence-electron chi connectivity index (χ4n) is 2.54. The number of H-pyrrole nitrogens is 1. The molecule has 1 aromatic rings. The molecule has 0 bridgehead atoms. The Morgan fingerprint density at radius 3 is 2.55 bits per heavy atom. The Hall–Kier alpha value is -1.41. The van der Waals surface area contributed by atoms with Crippen LogP contribution in [0, 0.1) is 11.8 Å². The minimum absolute atomic E-state index is 0.309. The highest BCUT2D eigenvalue weighted by Crippen LogP contribution is 2.28. The van der Waals surface area contributed by atoms with E-state index in [2.05, 4.69) is 24.0 Å². The van der Waals surface area contributed by atoms with Crippen molar-refractivity contribution in [2.24, 2.45) is 11.8 Å². The van der Waals surface area contributed by atoms with Gasteiger partial charge in [-0.3, -0.25) is 5.10 Å². The topological polar surface area (TPSA) is 103 Å². The summed E-state index contributed by atoms with van der Waals surface area (Å²) in [5.74, 6) is -0.252. The van der Waals surface area contributed by atoms with Gasteiger partial charge in [-0.15, -0.1) is 0 Å². The Bertz CT molecular complexity index is 586. The van der Waals surface area contributed by atoms with Crippen molar-refractivity contribution in [3.05, 3.63) is 11.8 Å². The summed E-state index contributed by atoms with van der Waals surface area (Å²) in [5, 5.41) is 14.5. The SMILES string of the molecule is CC(C)C1CCN(S(=O)(=O)c2[nH]ncc2C(=O)O)CC1. The highest BCUT2D eigenvalue weighted by atomic mass is 32.2. The first-order valence-electron chi connectivity index (χ1n) is 6.61. The summed E-state index contributed by atoms with van der Waals surface area (Å²) in [6, 6.07) is 0. The Kier molecular flexibility index (Phi) is 4.14. The van der Waals surface area contributed by atoms with E-state index in [-0.39, 0.29) is 10.6 Å². The Labute approximate surface area is 118 Å². The number of carbonyl (C=O) groups is 1. The molecular formula is C12H19N3O4S. The van der Waals surface area contributed by atoms with Gasteiger partial charge in [0.25, 0.3) is 10.0 Å². The molecule has 0 aliphatic carbocycles. The molecule has 0 amide bonds. The van der Waals surface area contributed by atoms with Crippen molar-refractivity contribution in [1.82, 2.24) is 14.5 Å². The third kappa shape index (κ3) is 2.71. The fourth-order valence-corrected chi connectivity index (χ4v) is 4.07. The van der Waals surface area contributed by atoms with Gasteiger partial charge < -0.3 is 5.11 Å². The van der Waals surface area contributed by atoms with Gasteiger partial charge in [-0.05, 0) is 24.7 Å². The van der Waals surface area contributed by atoms with Gasteiger partial charge in [-0.2, -0.15) is 9.40 Å². The highest BCUT2D eigenvalue weighted by Gasteiger charge is 2.34. The quantitative estimate of drug-likeness (QED) is 0.868. The van der Waals surface area contributed by atoms with Crippen LogP contribution in [-0.4, -0.2) is 47.1 Å². The number of aromatic amines is 1. The normalized spacial score (nSPS) is 18.6. The summed E-state index contributed by atoms with van der Waals surface area (Å²) in [6.45, 7) is 5.10. The highest BCUT2D eigenvalue weighted by molar-refractivity contribution is 7.89. The van der Waals surface area contributed by atoms with Crippen molar-refractivity contribution < 1.29 is 18.3 Å². The van der Waals surface area contributed by atoms with Crippen LogP contribution in [0.4, 0.5) is 0 Å². The molecule has 112 valence electrons. The van der Waals surface area contributed by atoms with Crippen molar-refractivity contribution in [3.8, 4) is 0 Å². The number of hydrogen-bond acceptors (Lipinski definition) is 4. The van der Waals surface area contributed by atoms with Gasteiger partial charge in [-0.1, -0.05) is 13.8 Å². The number of piperidine rings is 1. The second-order valence-electron chi connectivity index (χ2n) is 5.40. The molecule has 2 N–H and O–H groups in total. The van der Waals surface area contributed by atoms with Crippen LogP contribution in [0.1, 0.15) is 37.0 Å². The number of hydrogen-bond donors (Lipinski definition) is 2. The summed E-state index contributed by atoms with van der Waals surface area (Å²) in [4.78, 5) is 11.0. The maximum atomic E-state index is 12.4. The van der Waals surface area contributed by atoms with Crippen LogP contribution >= 0.6 is 0 Å². The van der Waals surface area contributed by atoms with Gasteiger partial charge in [0, 0.05) is 13.1 Å². The molecule has 1 saturated heterocycles. The Balaban J connectivity index is 2.20. The molecule has 0 spiro atoms. The summed E-state index contributed by atoms with van der Waals surface area (Å²) >= 11 is 0. The zero-order valence-electron chi connectivity index (χ0n) is 11.5. The predicted octanol–water partition coefficient (Wildman–Crippen LogP) is 1.16. The zero-order chi connectivity index (χ0) is 14.9. The number of carboxylic acid groups (broad SMARTS) is 1. The molecule has 1 aromatic heterocycles. The van der Waals surface area contributed by atoms with Gasteiger partial charge in [0.15, 0.2) is 5.03 Å². The molecule has 7 nitrogen and oxygen atoms in total. The minimum atomic E-state index is -3.81. The van der Waals surface area contributed by atoms with Gasteiger partial charge >= 0.3 is 5.97 Å². The summed E-state index contributed by atoms with van der Waals surface area (Å²) < 4.78 is 26.2. The van der Waals surface area contributed by atoms with E-state index in [9.17, 15) is 13.2 Å². The first kappa shape index (κ1) is 15.0. The van der Waals surface area contributed by atoms with Gasteiger partial charge in [0.1, 0.15) is 5.56 Å². The second-order valence-corrected chi connectivity index (χ2v) is 7.28. The Morgan fingerprint density at radius 1 is 1.45 bits per heavy atom. The van der Waals surface area contributed by atoms with Crippen molar-refractivity contribution in [3.63, 3.8) is 0 Å². The average molecular weight is 301 g/mol. The molecule has 2 rings (SSSR count). The largest absolute Gasteiger partial charge is 0.478 e. The van der Waals surface area contributed by atoms with Crippen LogP contribution < -0.4 is 0 Å². The number of rotatable bonds is 4. The van der Waals surface area contributed by atoms with E-state index in [0.717, 1.165) is 19.0 Å². The second kappa shape index (κ2) is 5.53. The average Bonchev–Trinajstić information content (AvgIpc) is 2.89. The summed E-state index contributed by atoms with van der Waals surface area (Å²) in [5.41, 5.74) is -0.309. The molecule has 0 saturated carbocycles. The fraction of sp³-hybridized carbons (Fsp3) is 0.667. The lowest BCUT2D eigenvalue weighted by Crippen LogP contribution is -2.40. The molecule has 1 aliphatic heterocycles. The molecule has 0 radical (unpaired) electrons.